The van der Waals surface area contributed by atoms with Crippen molar-refractivity contribution in [3.05, 3.63) is 29.3 Å². The fourth-order valence-electron chi connectivity index (χ4n) is 2.38. The molecular formula is C15H26N2O2S. The molecule has 0 aromatic heterocycles. The van der Waals surface area contributed by atoms with E-state index >= 15 is 0 Å². The highest BCUT2D eigenvalue weighted by Crippen LogP contribution is 2.19. The van der Waals surface area contributed by atoms with Crippen LogP contribution >= 0.6 is 0 Å². The van der Waals surface area contributed by atoms with Gasteiger partial charge in [-0.25, -0.2) is 13.1 Å². The topological polar surface area (TPSA) is 49.4 Å². The van der Waals surface area contributed by atoms with Gasteiger partial charge < -0.3 is 4.90 Å². The summed E-state index contributed by atoms with van der Waals surface area (Å²) in [5.41, 5.74) is 1.73. The molecular weight excluding hydrogens is 272 g/mol. The van der Waals surface area contributed by atoms with Gasteiger partial charge in [-0.3, -0.25) is 0 Å². The van der Waals surface area contributed by atoms with Crippen LogP contribution in [0.3, 0.4) is 0 Å². The number of nitrogens with zero attached hydrogens (tertiary/aromatic N) is 1. The zero-order chi connectivity index (χ0) is 15.6. The van der Waals surface area contributed by atoms with E-state index in [1.165, 1.54) is 0 Å². The first kappa shape index (κ1) is 17.1. The van der Waals surface area contributed by atoms with E-state index in [4.69, 9.17) is 0 Å². The number of hydrogen-bond donors (Lipinski definition) is 1. The first-order valence-electron chi connectivity index (χ1n) is 6.75. The molecule has 0 spiro atoms. The minimum absolute atomic E-state index is 0.116. The Balaban J connectivity index is 2.85. The third kappa shape index (κ3) is 4.89. The molecule has 1 aromatic carbocycles. The van der Waals surface area contributed by atoms with Crippen LogP contribution in [0.1, 0.15) is 25.0 Å². The Morgan fingerprint density at radius 1 is 1.20 bits per heavy atom. The van der Waals surface area contributed by atoms with E-state index in [1.54, 1.807) is 6.07 Å². The maximum atomic E-state index is 12.4. The fraction of sp³-hybridized carbons (Fsp3) is 0.600. The molecule has 0 radical (unpaired) electrons. The quantitative estimate of drug-likeness (QED) is 0.875. The van der Waals surface area contributed by atoms with Crippen LogP contribution in [0.2, 0.25) is 0 Å². The zero-order valence-corrected chi connectivity index (χ0v) is 14.1. The lowest BCUT2D eigenvalue weighted by atomic mass is 9.93. The van der Waals surface area contributed by atoms with Gasteiger partial charge in [-0.1, -0.05) is 31.5 Å². The average molecular weight is 298 g/mol. The van der Waals surface area contributed by atoms with Crippen molar-refractivity contribution in [1.82, 2.24) is 9.62 Å². The van der Waals surface area contributed by atoms with Crippen LogP contribution in [0.5, 0.6) is 0 Å². The molecule has 0 fully saturated rings. The summed E-state index contributed by atoms with van der Waals surface area (Å²) < 4.78 is 27.5. The SMILES string of the molecule is Cc1ccc(S(=O)(=O)NCC(C)(C)CN(C)C)c(C)c1. The molecule has 1 aromatic rings. The van der Waals surface area contributed by atoms with Crippen molar-refractivity contribution in [2.24, 2.45) is 5.41 Å². The highest BCUT2D eigenvalue weighted by molar-refractivity contribution is 7.89. The first-order valence-corrected chi connectivity index (χ1v) is 8.23. The lowest BCUT2D eigenvalue weighted by molar-refractivity contribution is 0.242. The third-order valence-electron chi connectivity index (χ3n) is 3.10. The highest BCUT2D eigenvalue weighted by Gasteiger charge is 2.23. The van der Waals surface area contributed by atoms with Gasteiger partial charge in [0.15, 0.2) is 0 Å². The summed E-state index contributed by atoms with van der Waals surface area (Å²) in [6.07, 6.45) is 0. The van der Waals surface area contributed by atoms with Gasteiger partial charge in [0.2, 0.25) is 10.0 Å². The van der Waals surface area contributed by atoms with Crippen LogP contribution in [0, 0.1) is 19.3 Å². The zero-order valence-electron chi connectivity index (χ0n) is 13.3. The summed E-state index contributed by atoms with van der Waals surface area (Å²) in [6.45, 7) is 9.13. The molecule has 0 aliphatic carbocycles. The number of rotatable bonds is 6. The molecule has 0 saturated heterocycles. The monoisotopic (exact) mass is 298 g/mol. The summed E-state index contributed by atoms with van der Waals surface area (Å²) in [7, 11) is 0.528. The predicted molar refractivity (Wildman–Crippen MR) is 83.4 cm³/mol. The molecule has 1 rings (SSSR count). The molecule has 114 valence electrons. The summed E-state index contributed by atoms with van der Waals surface area (Å²) >= 11 is 0. The molecule has 0 aliphatic heterocycles. The fourth-order valence-corrected chi connectivity index (χ4v) is 3.85. The lowest BCUT2D eigenvalue weighted by Gasteiger charge is -2.28. The Morgan fingerprint density at radius 3 is 2.30 bits per heavy atom. The Labute approximate surface area is 123 Å². The van der Waals surface area contributed by atoms with Gasteiger partial charge in [0.05, 0.1) is 4.90 Å². The largest absolute Gasteiger partial charge is 0.309 e. The van der Waals surface area contributed by atoms with Crippen molar-refractivity contribution in [3.63, 3.8) is 0 Å². The van der Waals surface area contributed by atoms with E-state index in [0.29, 0.717) is 11.4 Å². The second kappa shape index (κ2) is 6.24. The summed E-state index contributed by atoms with van der Waals surface area (Å²) in [5.74, 6) is 0. The van der Waals surface area contributed by atoms with E-state index in [0.717, 1.165) is 17.7 Å². The van der Waals surface area contributed by atoms with Crippen LogP contribution in [0.15, 0.2) is 23.1 Å². The smallest absolute Gasteiger partial charge is 0.240 e. The van der Waals surface area contributed by atoms with Gasteiger partial charge in [-0.2, -0.15) is 0 Å². The van der Waals surface area contributed by atoms with Crippen LogP contribution in [-0.4, -0.2) is 40.5 Å². The number of nitrogens with one attached hydrogen (secondary N) is 1. The second-order valence-electron chi connectivity index (χ2n) is 6.50. The molecule has 0 heterocycles. The molecule has 0 bridgehead atoms. The van der Waals surface area contributed by atoms with Gasteiger partial charge in [0.25, 0.3) is 0 Å². The van der Waals surface area contributed by atoms with Crippen LogP contribution in [0.4, 0.5) is 0 Å². The van der Waals surface area contributed by atoms with Crippen LogP contribution in [-0.2, 0) is 10.0 Å². The van der Waals surface area contributed by atoms with Crippen molar-refractivity contribution >= 4 is 10.0 Å². The molecule has 0 amide bonds. The summed E-state index contributed by atoms with van der Waals surface area (Å²) in [6, 6.07) is 5.39. The van der Waals surface area contributed by atoms with Gasteiger partial charge >= 0.3 is 0 Å². The number of benzene rings is 1. The molecule has 4 nitrogen and oxygen atoms in total. The van der Waals surface area contributed by atoms with E-state index in [1.807, 2.05) is 40.1 Å². The standard InChI is InChI=1S/C15H26N2O2S/c1-12-7-8-14(13(2)9-12)20(18,19)16-10-15(3,4)11-17(5)6/h7-9,16H,10-11H2,1-6H3. The predicted octanol–water partition coefficient (Wildman–Crippen LogP) is 2.17. The van der Waals surface area contributed by atoms with E-state index in [9.17, 15) is 8.42 Å². The maximum Gasteiger partial charge on any atom is 0.240 e. The summed E-state index contributed by atoms with van der Waals surface area (Å²) in [4.78, 5) is 2.43. The lowest BCUT2D eigenvalue weighted by Crippen LogP contribution is -2.40. The number of sulfonamides is 1. The van der Waals surface area contributed by atoms with Crippen molar-refractivity contribution in [2.75, 3.05) is 27.2 Å². The highest BCUT2D eigenvalue weighted by atomic mass is 32.2. The number of aryl methyl sites for hydroxylation is 2. The molecule has 20 heavy (non-hydrogen) atoms. The maximum absolute atomic E-state index is 12.4. The second-order valence-corrected chi connectivity index (χ2v) is 8.23. The first-order chi connectivity index (χ1) is 9.03. The van der Waals surface area contributed by atoms with E-state index in [2.05, 4.69) is 23.5 Å². The summed E-state index contributed by atoms with van der Waals surface area (Å²) in [5, 5.41) is 0. The molecule has 1 N–H and O–H groups in total. The van der Waals surface area contributed by atoms with Gasteiger partial charge in [-0.15, -0.1) is 0 Å². The normalized spacial score (nSPS) is 12.9. The Bertz CT molecular complexity index is 563. The molecule has 5 heteroatoms. The van der Waals surface area contributed by atoms with Crippen molar-refractivity contribution < 1.29 is 8.42 Å². The molecule has 0 unspecified atom stereocenters. The number of hydrogen-bond acceptors (Lipinski definition) is 3. The third-order valence-corrected chi connectivity index (χ3v) is 4.67. The Morgan fingerprint density at radius 2 is 1.80 bits per heavy atom. The van der Waals surface area contributed by atoms with Gasteiger partial charge in [-0.05, 0) is 45.0 Å². The van der Waals surface area contributed by atoms with Gasteiger partial charge in [0, 0.05) is 13.1 Å². The van der Waals surface area contributed by atoms with E-state index in [-0.39, 0.29) is 5.41 Å². The molecule has 0 atom stereocenters. The Kier molecular flexibility index (Phi) is 5.35. The van der Waals surface area contributed by atoms with Crippen molar-refractivity contribution in [2.45, 2.75) is 32.6 Å². The van der Waals surface area contributed by atoms with Crippen molar-refractivity contribution in [1.29, 1.82) is 0 Å². The molecule has 0 aliphatic rings. The van der Waals surface area contributed by atoms with Crippen LogP contribution < -0.4 is 4.72 Å². The minimum Gasteiger partial charge on any atom is -0.309 e. The average Bonchev–Trinajstić information content (AvgIpc) is 2.24. The Hall–Kier alpha value is -0.910. The van der Waals surface area contributed by atoms with E-state index < -0.39 is 10.0 Å². The van der Waals surface area contributed by atoms with Crippen LogP contribution in [0.25, 0.3) is 0 Å². The molecule has 0 saturated carbocycles. The minimum atomic E-state index is -3.45. The van der Waals surface area contributed by atoms with Gasteiger partial charge in [0.1, 0.15) is 0 Å². The van der Waals surface area contributed by atoms with Crippen molar-refractivity contribution in [3.8, 4) is 0 Å².